The number of esters is 1. The average Bonchev–Trinajstić information content (AvgIpc) is 2.49. The van der Waals surface area contributed by atoms with Crippen molar-refractivity contribution in [2.75, 3.05) is 19.8 Å². The summed E-state index contributed by atoms with van der Waals surface area (Å²) in [4.78, 5) is 21.5. The molecule has 0 spiro atoms. The van der Waals surface area contributed by atoms with Crippen molar-refractivity contribution in [3.8, 4) is 0 Å². The first-order valence-electron chi connectivity index (χ1n) is 8.48. The molecule has 0 saturated carbocycles. The van der Waals surface area contributed by atoms with Crippen molar-refractivity contribution in [2.24, 2.45) is 0 Å². The Balaban J connectivity index is 3.14. The Labute approximate surface area is 129 Å². The zero-order chi connectivity index (χ0) is 15.6. The first-order chi connectivity index (χ1) is 10.3. The van der Waals surface area contributed by atoms with Crippen molar-refractivity contribution in [3.05, 3.63) is 0 Å². The summed E-state index contributed by atoms with van der Waals surface area (Å²) < 4.78 is 10.4. The van der Waals surface area contributed by atoms with Gasteiger partial charge in [-0.2, -0.15) is 0 Å². The Hall–Kier alpha value is -0.900. The van der Waals surface area contributed by atoms with Crippen molar-refractivity contribution in [1.29, 1.82) is 0 Å². The van der Waals surface area contributed by atoms with Gasteiger partial charge in [-0.25, -0.2) is 0 Å². The molecule has 0 heterocycles. The van der Waals surface area contributed by atoms with E-state index in [0.29, 0.717) is 32.7 Å². The fraction of sp³-hybridized carbons (Fsp3) is 0.882. The molecule has 21 heavy (non-hydrogen) atoms. The van der Waals surface area contributed by atoms with Crippen molar-refractivity contribution in [1.82, 2.24) is 0 Å². The van der Waals surface area contributed by atoms with Crippen LogP contribution in [0.4, 0.5) is 0 Å². The van der Waals surface area contributed by atoms with Crippen LogP contribution in [0, 0.1) is 0 Å². The highest BCUT2D eigenvalue weighted by molar-refractivity contribution is 5.69. The van der Waals surface area contributed by atoms with E-state index in [1.165, 1.54) is 32.1 Å². The van der Waals surface area contributed by atoms with Crippen LogP contribution in [-0.4, -0.2) is 32.1 Å². The first kappa shape index (κ1) is 20.1. The zero-order valence-electron chi connectivity index (χ0n) is 13.6. The molecular formula is C17H32O4. The molecule has 0 aromatic rings. The molecule has 0 amide bonds. The van der Waals surface area contributed by atoms with Crippen LogP contribution in [0.25, 0.3) is 0 Å². The topological polar surface area (TPSA) is 52.6 Å². The van der Waals surface area contributed by atoms with Crippen LogP contribution in [0.5, 0.6) is 0 Å². The van der Waals surface area contributed by atoms with E-state index in [1.807, 2.05) is 0 Å². The average molecular weight is 300 g/mol. The number of hydrogen-bond donors (Lipinski definition) is 0. The standard InChI is InChI=1S/C17H32O4/c1-2-3-4-5-6-7-9-12-17(19)21-16-15-20-14-11-8-10-13-18/h13H,2-12,14-16H2,1H3. The van der Waals surface area contributed by atoms with E-state index in [2.05, 4.69) is 6.92 Å². The van der Waals surface area contributed by atoms with Gasteiger partial charge >= 0.3 is 5.97 Å². The largest absolute Gasteiger partial charge is 0.463 e. The summed E-state index contributed by atoms with van der Waals surface area (Å²) in [6.45, 7) is 3.63. The maximum Gasteiger partial charge on any atom is 0.305 e. The minimum absolute atomic E-state index is 0.117. The molecule has 124 valence electrons. The minimum atomic E-state index is -0.117. The number of carbonyl (C=O) groups is 2. The Bertz CT molecular complexity index is 241. The molecule has 0 aliphatic carbocycles. The van der Waals surface area contributed by atoms with E-state index in [4.69, 9.17) is 9.47 Å². The van der Waals surface area contributed by atoms with Crippen LogP contribution in [0.15, 0.2) is 0 Å². The van der Waals surface area contributed by atoms with Gasteiger partial charge in [0.15, 0.2) is 0 Å². The van der Waals surface area contributed by atoms with Crippen molar-refractivity contribution in [3.63, 3.8) is 0 Å². The Morgan fingerprint density at radius 2 is 1.57 bits per heavy atom. The summed E-state index contributed by atoms with van der Waals surface area (Å²) >= 11 is 0. The fourth-order valence-electron chi connectivity index (χ4n) is 2.05. The molecule has 0 aromatic heterocycles. The molecule has 0 aromatic carbocycles. The predicted octanol–water partition coefficient (Wildman–Crippen LogP) is 4.06. The zero-order valence-corrected chi connectivity index (χ0v) is 13.6. The molecule has 0 unspecified atom stereocenters. The summed E-state index contributed by atoms with van der Waals surface area (Å²) in [5, 5.41) is 0. The lowest BCUT2D eigenvalue weighted by molar-refractivity contribution is -0.145. The van der Waals surface area contributed by atoms with E-state index < -0.39 is 0 Å². The number of rotatable bonds is 16. The van der Waals surface area contributed by atoms with Gasteiger partial charge < -0.3 is 14.3 Å². The molecule has 0 fully saturated rings. The van der Waals surface area contributed by atoms with Gasteiger partial charge in [-0.15, -0.1) is 0 Å². The molecule has 0 rings (SSSR count). The van der Waals surface area contributed by atoms with E-state index >= 15 is 0 Å². The Morgan fingerprint density at radius 3 is 2.29 bits per heavy atom. The smallest absolute Gasteiger partial charge is 0.305 e. The fourth-order valence-corrected chi connectivity index (χ4v) is 2.05. The highest BCUT2D eigenvalue weighted by Gasteiger charge is 2.02. The maximum absolute atomic E-state index is 11.4. The van der Waals surface area contributed by atoms with Gasteiger partial charge in [0, 0.05) is 19.4 Å². The molecule has 0 aliphatic rings. The van der Waals surface area contributed by atoms with Gasteiger partial charge in [-0.05, 0) is 19.3 Å². The number of carbonyl (C=O) groups excluding carboxylic acids is 2. The van der Waals surface area contributed by atoms with Gasteiger partial charge in [0.2, 0.25) is 0 Å². The van der Waals surface area contributed by atoms with Crippen LogP contribution >= 0.6 is 0 Å². The van der Waals surface area contributed by atoms with Crippen LogP contribution in [0.3, 0.4) is 0 Å². The highest BCUT2D eigenvalue weighted by Crippen LogP contribution is 2.08. The summed E-state index contributed by atoms with van der Waals surface area (Å²) in [6.07, 6.45) is 12.2. The predicted molar refractivity (Wildman–Crippen MR) is 84.3 cm³/mol. The number of ether oxygens (including phenoxy) is 2. The second-order valence-electron chi connectivity index (χ2n) is 5.37. The normalized spacial score (nSPS) is 10.5. The second kappa shape index (κ2) is 17.2. The first-order valence-corrected chi connectivity index (χ1v) is 8.48. The molecular weight excluding hydrogens is 268 g/mol. The lowest BCUT2D eigenvalue weighted by Gasteiger charge is -2.06. The summed E-state index contributed by atoms with van der Waals surface area (Å²) in [7, 11) is 0. The van der Waals surface area contributed by atoms with Crippen LogP contribution in [0.1, 0.15) is 77.6 Å². The van der Waals surface area contributed by atoms with Crippen molar-refractivity contribution >= 4 is 12.3 Å². The van der Waals surface area contributed by atoms with Crippen LogP contribution < -0.4 is 0 Å². The summed E-state index contributed by atoms with van der Waals surface area (Å²) in [5.74, 6) is -0.117. The van der Waals surface area contributed by atoms with Gasteiger partial charge in [0.05, 0.1) is 6.61 Å². The molecule has 0 saturated heterocycles. The Morgan fingerprint density at radius 1 is 0.857 bits per heavy atom. The number of unbranched alkanes of at least 4 members (excludes halogenated alkanes) is 8. The van der Waals surface area contributed by atoms with Gasteiger partial charge in [0.1, 0.15) is 12.9 Å². The number of hydrogen-bond acceptors (Lipinski definition) is 4. The van der Waals surface area contributed by atoms with Crippen LogP contribution in [-0.2, 0) is 19.1 Å². The summed E-state index contributed by atoms with van der Waals surface area (Å²) in [5.41, 5.74) is 0. The van der Waals surface area contributed by atoms with Gasteiger partial charge in [0.25, 0.3) is 0 Å². The third-order valence-corrected chi connectivity index (χ3v) is 3.34. The lowest BCUT2D eigenvalue weighted by Crippen LogP contribution is -2.10. The molecule has 0 aliphatic heterocycles. The van der Waals surface area contributed by atoms with Crippen molar-refractivity contribution in [2.45, 2.75) is 77.6 Å². The quantitative estimate of drug-likeness (QED) is 0.245. The molecule has 0 atom stereocenters. The molecule has 4 heteroatoms. The van der Waals surface area contributed by atoms with Gasteiger partial charge in [-0.3, -0.25) is 4.79 Å². The molecule has 0 bridgehead atoms. The third-order valence-electron chi connectivity index (χ3n) is 3.34. The van der Waals surface area contributed by atoms with Crippen molar-refractivity contribution < 1.29 is 19.1 Å². The highest BCUT2D eigenvalue weighted by atomic mass is 16.6. The van der Waals surface area contributed by atoms with E-state index in [0.717, 1.165) is 32.0 Å². The molecule has 0 radical (unpaired) electrons. The maximum atomic E-state index is 11.4. The number of aldehydes is 1. The monoisotopic (exact) mass is 300 g/mol. The Kier molecular flexibility index (Phi) is 16.4. The van der Waals surface area contributed by atoms with E-state index in [1.54, 1.807) is 0 Å². The van der Waals surface area contributed by atoms with Gasteiger partial charge in [-0.1, -0.05) is 45.4 Å². The molecule has 4 nitrogen and oxygen atoms in total. The SMILES string of the molecule is CCCCCCCCCC(=O)OCCOCCCCC=O. The third kappa shape index (κ3) is 17.0. The van der Waals surface area contributed by atoms with E-state index in [-0.39, 0.29) is 5.97 Å². The summed E-state index contributed by atoms with van der Waals surface area (Å²) in [6, 6.07) is 0. The van der Waals surface area contributed by atoms with E-state index in [9.17, 15) is 9.59 Å². The second-order valence-corrected chi connectivity index (χ2v) is 5.37. The lowest BCUT2D eigenvalue weighted by atomic mass is 10.1. The minimum Gasteiger partial charge on any atom is -0.463 e. The van der Waals surface area contributed by atoms with Crippen LogP contribution in [0.2, 0.25) is 0 Å². The molecule has 0 N–H and O–H groups in total.